The Morgan fingerprint density at radius 1 is 1.03 bits per heavy atom. The van der Waals surface area contributed by atoms with E-state index in [1.54, 1.807) is 13.8 Å². The van der Waals surface area contributed by atoms with Crippen LogP contribution in [-0.4, -0.2) is 45.5 Å². The lowest BCUT2D eigenvalue weighted by atomic mass is 9.95. The number of esters is 1. The Balaban J connectivity index is 1.75. The van der Waals surface area contributed by atoms with Crippen molar-refractivity contribution in [3.8, 4) is 11.1 Å². The number of ether oxygens (including phenoxy) is 1. The minimum Gasteiger partial charge on any atom is -0.476 e. The number of nitrogens with zero attached hydrogens (tertiary/aromatic N) is 2. The van der Waals surface area contributed by atoms with Crippen molar-refractivity contribution in [2.45, 2.75) is 32.7 Å². The number of nitrogens with one attached hydrogen (secondary N) is 1. The van der Waals surface area contributed by atoms with Gasteiger partial charge in [0.2, 0.25) is 0 Å². The molecule has 0 fully saturated rings. The number of hydrogen-bond acceptors (Lipinski definition) is 5. The molecule has 1 unspecified atom stereocenters. The normalized spacial score (nSPS) is 12.5. The van der Waals surface area contributed by atoms with Crippen LogP contribution in [0.25, 0.3) is 11.1 Å². The summed E-state index contributed by atoms with van der Waals surface area (Å²) in [5.41, 5.74) is 2.95. The number of carboxylic acids is 1. The van der Waals surface area contributed by atoms with Crippen molar-refractivity contribution in [1.82, 2.24) is 15.1 Å². The molecule has 0 bridgehead atoms. The topological polar surface area (TPSA) is 111 Å². The molecule has 1 aromatic heterocycles. The average Bonchev–Trinajstić information content (AvgIpc) is 3.31. The van der Waals surface area contributed by atoms with E-state index in [-0.39, 0.29) is 18.3 Å². The highest BCUT2D eigenvalue weighted by Gasteiger charge is 2.23. The second-order valence-corrected chi connectivity index (χ2v) is 7.75. The fraction of sp³-hybridized carbons (Fsp3) is 0.280. The maximum Gasteiger partial charge on any atom is 0.356 e. The Bertz CT molecular complexity index is 1090. The van der Waals surface area contributed by atoms with Crippen molar-refractivity contribution < 1.29 is 24.2 Å². The van der Waals surface area contributed by atoms with Gasteiger partial charge in [-0.15, -0.1) is 0 Å². The first-order valence-corrected chi connectivity index (χ1v) is 10.8. The van der Waals surface area contributed by atoms with Gasteiger partial charge in [-0.05, 0) is 42.5 Å². The van der Waals surface area contributed by atoms with Crippen LogP contribution < -0.4 is 5.32 Å². The highest BCUT2D eigenvalue weighted by molar-refractivity contribution is 5.86. The molecule has 172 valence electrons. The minimum absolute atomic E-state index is 0.224. The smallest absolute Gasteiger partial charge is 0.356 e. The minimum atomic E-state index is -1.22. The predicted molar refractivity (Wildman–Crippen MR) is 123 cm³/mol. The van der Waals surface area contributed by atoms with E-state index in [4.69, 9.17) is 9.84 Å². The van der Waals surface area contributed by atoms with Crippen LogP contribution in [0.1, 0.15) is 36.3 Å². The molecule has 0 aliphatic heterocycles. The van der Waals surface area contributed by atoms with Crippen molar-refractivity contribution in [1.29, 1.82) is 0 Å². The monoisotopic (exact) mass is 449 g/mol. The van der Waals surface area contributed by atoms with Crippen molar-refractivity contribution in [3.63, 3.8) is 0 Å². The lowest BCUT2D eigenvalue weighted by molar-refractivity contribution is -0.147. The molecule has 1 heterocycles. The Kier molecular flexibility index (Phi) is 7.96. The number of carboxylic acid groups (broad SMARTS) is 1. The van der Waals surface area contributed by atoms with Crippen molar-refractivity contribution in [3.05, 3.63) is 78.1 Å². The first kappa shape index (κ1) is 23.7. The van der Waals surface area contributed by atoms with E-state index in [2.05, 4.69) is 10.4 Å². The van der Waals surface area contributed by atoms with Gasteiger partial charge in [0, 0.05) is 12.2 Å². The lowest BCUT2D eigenvalue weighted by Crippen LogP contribution is -2.41. The molecule has 1 amide bonds. The lowest BCUT2D eigenvalue weighted by Gasteiger charge is -2.22. The van der Waals surface area contributed by atoms with E-state index in [1.807, 2.05) is 54.6 Å². The van der Waals surface area contributed by atoms with E-state index in [1.165, 1.54) is 12.3 Å². The number of aromatic nitrogens is 2. The van der Waals surface area contributed by atoms with E-state index >= 15 is 0 Å². The summed E-state index contributed by atoms with van der Waals surface area (Å²) in [5, 5.41) is 15.7. The van der Waals surface area contributed by atoms with Gasteiger partial charge >= 0.3 is 18.0 Å². The van der Waals surface area contributed by atoms with E-state index in [9.17, 15) is 14.4 Å². The summed E-state index contributed by atoms with van der Waals surface area (Å²) < 4.78 is 6.05. The first-order valence-electron chi connectivity index (χ1n) is 10.8. The summed E-state index contributed by atoms with van der Waals surface area (Å²) in [6, 6.07) is 18.3. The predicted octanol–water partition coefficient (Wildman–Crippen LogP) is 4.01. The van der Waals surface area contributed by atoms with Crippen LogP contribution in [-0.2, 0) is 16.0 Å². The zero-order valence-corrected chi connectivity index (χ0v) is 18.6. The Morgan fingerprint density at radius 3 is 2.30 bits per heavy atom. The van der Waals surface area contributed by atoms with Crippen LogP contribution >= 0.6 is 0 Å². The number of rotatable bonds is 9. The van der Waals surface area contributed by atoms with Gasteiger partial charge in [-0.3, -0.25) is 4.79 Å². The van der Waals surface area contributed by atoms with E-state index in [0.29, 0.717) is 12.8 Å². The van der Waals surface area contributed by atoms with Crippen LogP contribution in [0.4, 0.5) is 4.79 Å². The maximum absolute atomic E-state index is 12.7. The molecule has 33 heavy (non-hydrogen) atoms. The van der Waals surface area contributed by atoms with Gasteiger partial charge in [0.05, 0.1) is 12.5 Å². The summed E-state index contributed by atoms with van der Waals surface area (Å²) in [7, 11) is 0. The highest BCUT2D eigenvalue weighted by atomic mass is 16.5. The molecule has 0 spiro atoms. The highest BCUT2D eigenvalue weighted by Crippen LogP contribution is 2.21. The van der Waals surface area contributed by atoms with Crippen LogP contribution in [0.15, 0.2) is 66.9 Å². The quantitative estimate of drug-likeness (QED) is 0.478. The second-order valence-electron chi connectivity index (χ2n) is 7.75. The van der Waals surface area contributed by atoms with E-state index in [0.717, 1.165) is 21.4 Å². The van der Waals surface area contributed by atoms with Gasteiger partial charge in [-0.25, -0.2) is 9.59 Å². The van der Waals surface area contributed by atoms with Crippen molar-refractivity contribution >= 4 is 18.0 Å². The SMILES string of the molecule is CCOC(=O)[C@H](C)CC(Cc1ccc(-c2ccccc2)cc1)NC(=O)n1ccc(C(=O)O)n1. The molecular formula is C25H27N3O5. The van der Waals surface area contributed by atoms with Crippen LogP contribution in [0.5, 0.6) is 0 Å². The Labute approximate surface area is 192 Å². The Morgan fingerprint density at radius 2 is 1.70 bits per heavy atom. The van der Waals surface area contributed by atoms with Gasteiger partial charge < -0.3 is 15.2 Å². The zero-order chi connectivity index (χ0) is 23.8. The largest absolute Gasteiger partial charge is 0.476 e. The molecule has 3 aromatic rings. The summed E-state index contributed by atoms with van der Waals surface area (Å²) >= 11 is 0. The third-order valence-corrected chi connectivity index (χ3v) is 5.21. The number of hydrogen-bond donors (Lipinski definition) is 2. The second kappa shape index (κ2) is 11.1. The third kappa shape index (κ3) is 6.52. The van der Waals surface area contributed by atoms with Crippen LogP contribution in [0.3, 0.4) is 0 Å². The summed E-state index contributed by atoms with van der Waals surface area (Å²) in [6.45, 7) is 3.79. The Hall–Kier alpha value is -3.94. The first-order chi connectivity index (χ1) is 15.9. The fourth-order valence-electron chi connectivity index (χ4n) is 3.54. The molecule has 2 aromatic carbocycles. The van der Waals surface area contributed by atoms with E-state index < -0.39 is 24.0 Å². The molecule has 2 atom stereocenters. The molecule has 2 N–H and O–H groups in total. The fourth-order valence-corrected chi connectivity index (χ4v) is 3.54. The molecule has 0 saturated heterocycles. The summed E-state index contributed by atoms with van der Waals surface area (Å²) in [6.07, 6.45) is 2.13. The van der Waals surface area contributed by atoms with Crippen LogP contribution in [0.2, 0.25) is 0 Å². The number of carbonyl (C=O) groups is 3. The molecule has 0 aliphatic carbocycles. The summed E-state index contributed by atoms with van der Waals surface area (Å²) in [4.78, 5) is 35.9. The molecular weight excluding hydrogens is 422 g/mol. The number of benzene rings is 2. The van der Waals surface area contributed by atoms with Gasteiger partial charge in [-0.1, -0.05) is 61.5 Å². The third-order valence-electron chi connectivity index (χ3n) is 5.21. The van der Waals surface area contributed by atoms with Gasteiger partial charge in [0.25, 0.3) is 0 Å². The number of aromatic carboxylic acids is 1. The zero-order valence-electron chi connectivity index (χ0n) is 18.6. The molecule has 0 aliphatic rings. The van der Waals surface area contributed by atoms with Gasteiger partial charge in [0.1, 0.15) is 0 Å². The number of carbonyl (C=O) groups excluding carboxylic acids is 2. The maximum atomic E-state index is 12.7. The number of amides is 1. The van der Waals surface area contributed by atoms with Gasteiger partial charge in [-0.2, -0.15) is 9.78 Å². The van der Waals surface area contributed by atoms with Crippen molar-refractivity contribution in [2.75, 3.05) is 6.61 Å². The molecule has 8 heteroatoms. The van der Waals surface area contributed by atoms with Crippen LogP contribution in [0, 0.1) is 5.92 Å². The standard InChI is InChI=1S/C25H27N3O5/c1-3-33-24(31)17(2)15-21(26-25(32)28-14-13-22(27-28)23(29)30)16-18-9-11-20(12-10-18)19-7-5-4-6-8-19/h4-14,17,21H,3,15-16H2,1-2H3,(H,26,32)(H,29,30)/t17-,21?/m1/s1. The molecule has 3 rings (SSSR count). The summed E-state index contributed by atoms with van der Waals surface area (Å²) in [5.74, 6) is -1.97. The average molecular weight is 450 g/mol. The molecule has 0 saturated carbocycles. The molecule has 8 nitrogen and oxygen atoms in total. The van der Waals surface area contributed by atoms with Gasteiger partial charge in [0.15, 0.2) is 5.69 Å². The van der Waals surface area contributed by atoms with Crippen molar-refractivity contribution in [2.24, 2.45) is 5.92 Å². The molecule has 0 radical (unpaired) electrons.